The van der Waals surface area contributed by atoms with Gasteiger partial charge in [0.1, 0.15) is 0 Å². The average molecular weight is 465 g/mol. The number of aryl methyl sites for hydroxylation is 2. The number of imide groups is 1. The van der Waals surface area contributed by atoms with Crippen molar-refractivity contribution in [2.24, 2.45) is 0 Å². The number of rotatable bonds is 5. The van der Waals surface area contributed by atoms with Crippen molar-refractivity contribution in [2.75, 3.05) is 18.4 Å². The quantitative estimate of drug-likeness (QED) is 0.504. The SMILES string of the molecule is Cc1cc(C)c(NC(=O)NCCCN2C(=O)c3ccc(Br)cc3C2=O)c(Cl)c1. The molecule has 0 bridgehead atoms. The number of halogens is 2. The van der Waals surface area contributed by atoms with E-state index in [0.717, 1.165) is 15.6 Å². The van der Waals surface area contributed by atoms with Crippen LogP contribution in [0.25, 0.3) is 0 Å². The van der Waals surface area contributed by atoms with Gasteiger partial charge in [0, 0.05) is 17.6 Å². The minimum Gasteiger partial charge on any atom is -0.338 e. The van der Waals surface area contributed by atoms with E-state index in [0.29, 0.717) is 34.8 Å². The Labute approximate surface area is 176 Å². The summed E-state index contributed by atoms with van der Waals surface area (Å²) in [4.78, 5) is 38.1. The lowest BCUT2D eigenvalue weighted by Gasteiger charge is -2.15. The molecule has 0 saturated carbocycles. The number of anilines is 1. The number of nitrogens with one attached hydrogen (secondary N) is 2. The van der Waals surface area contributed by atoms with Crippen LogP contribution in [0, 0.1) is 13.8 Å². The van der Waals surface area contributed by atoms with Gasteiger partial charge in [-0.05, 0) is 55.7 Å². The first-order valence-electron chi connectivity index (χ1n) is 8.75. The zero-order valence-electron chi connectivity index (χ0n) is 15.4. The summed E-state index contributed by atoms with van der Waals surface area (Å²) in [6, 6.07) is 8.35. The van der Waals surface area contributed by atoms with E-state index < -0.39 is 0 Å². The normalized spacial score (nSPS) is 12.9. The van der Waals surface area contributed by atoms with Gasteiger partial charge in [-0.25, -0.2) is 4.79 Å². The molecule has 0 aromatic heterocycles. The number of carbonyl (C=O) groups excluding carboxylic acids is 3. The third-order valence-electron chi connectivity index (χ3n) is 4.45. The summed E-state index contributed by atoms with van der Waals surface area (Å²) < 4.78 is 0.748. The van der Waals surface area contributed by atoms with Gasteiger partial charge < -0.3 is 10.6 Å². The molecular weight excluding hydrogens is 446 g/mol. The summed E-state index contributed by atoms with van der Waals surface area (Å²) in [7, 11) is 0. The van der Waals surface area contributed by atoms with Crippen LogP contribution in [0.5, 0.6) is 0 Å². The number of hydrogen-bond donors (Lipinski definition) is 2. The Balaban J connectivity index is 1.51. The van der Waals surface area contributed by atoms with Crippen LogP contribution < -0.4 is 10.6 Å². The number of urea groups is 1. The van der Waals surface area contributed by atoms with E-state index in [1.54, 1.807) is 24.3 Å². The second-order valence-corrected chi connectivity index (χ2v) is 7.95. The smallest absolute Gasteiger partial charge is 0.319 e. The molecule has 0 spiro atoms. The lowest BCUT2D eigenvalue weighted by molar-refractivity contribution is 0.0653. The fourth-order valence-electron chi connectivity index (χ4n) is 3.14. The lowest BCUT2D eigenvalue weighted by Crippen LogP contribution is -2.35. The summed E-state index contributed by atoms with van der Waals surface area (Å²) in [6.45, 7) is 4.34. The van der Waals surface area contributed by atoms with E-state index in [1.165, 1.54) is 4.90 Å². The molecule has 2 aromatic carbocycles. The van der Waals surface area contributed by atoms with Gasteiger partial charge in [0.2, 0.25) is 0 Å². The molecule has 146 valence electrons. The number of fused-ring (bicyclic) bond motifs is 1. The van der Waals surface area contributed by atoms with Crippen LogP contribution in [0.3, 0.4) is 0 Å². The van der Waals surface area contributed by atoms with Crippen molar-refractivity contribution >= 4 is 51.1 Å². The largest absolute Gasteiger partial charge is 0.338 e. The lowest BCUT2D eigenvalue weighted by atomic mass is 10.1. The van der Waals surface area contributed by atoms with Gasteiger partial charge in [-0.3, -0.25) is 14.5 Å². The Morgan fingerprint density at radius 1 is 1.11 bits per heavy atom. The van der Waals surface area contributed by atoms with Gasteiger partial charge in [-0.1, -0.05) is 33.6 Å². The number of amides is 4. The van der Waals surface area contributed by atoms with Gasteiger partial charge in [-0.2, -0.15) is 0 Å². The Morgan fingerprint density at radius 2 is 1.82 bits per heavy atom. The van der Waals surface area contributed by atoms with Gasteiger partial charge >= 0.3 is 6.03 Å². The standard InChI is InChI=1S/C20H19BrClN3O3/c1-11-8-12(2)17(16(22)9-11)24-20(28)23-6-3-7-25-18(26)14-5-4-13(21)10-15(14)19(25)27/h4-5,8-10H,3,6-7H2,1-2H3,(H2,23,24,28). The Kier molecular flexibility index (Phi) is 6.05. The van der Waals surface area contributed by atoms with E-state index in [4.69, 9.17) is 11.6 Å². The van der Waals surface area contributed by atoms with Crippen molar-refractivity contribution in [3.05, 3.63) is 62.1 Å². The topological polar surface area (TPSA) is 78.5 Å². The number of nitrogens with zero attached hydrogens (tertiary/aromatic N) is 1. The molecule has 0 atom stereocenters. The third-order valence-corrected chi connectivity index (χ3v) is 5.24. The van der Waals surface area contributed by atoms with Crippen LogP contribution in [0.4, 0.5) is 10.5 Å². The molecule has 0 aliphatic carbocycles. The highest BCUT2D eigenvalue weighted by molar-refractivity contribution is 9.10. The first-order chi connectivity index (χ1) is 13.3. The van der Waals surface area contributed by atoms with Crippen molar-refractivity contribution in [2.45, 2.75) is 20.3 Å². The second-order valence-electron chi connectivity index (χ2n) is 6.62. The van der Waals surface area contributed by atoms with Crippen molar-refractivity contribution in [3.63, 3.8) is 0 Å². The van der Waals surface area contributed by atoms with E-state index in [-0.39, 0.29) is 24.4 Å². The maximum Gasteiger partial charge on any atom is 0.319 e. The Hall–Kier alpha value is -2.38. The maximum atomic E-state index is 12.4. The van der Waals surface area contributed by atoms with Crippen molar-refractivity contribution < 1.29 is 14.4 Å². The third kappa shape index (κ3) is 4.20. The first kappa shape index (κ1) is 20.4. The van der Waals surface area contributed by atoms with Crippen molar-refractivity contribution in [1.29, 1.82) is 0 Å². The summed E-state index contributed by atoms with van der Waals surface area (Å²) in [5.41, 5.74) is 3.26. The zero-order valence-corrected chi connectivity index (χ0v) is 17.8. The molecule has 0 unspecified atom stereocenters. The number of carbonyl (C=O) groups is 3. The number of hydrogen-bond acceptors (Lipinski definition) is 3. The highest BCUT2D eigenvalue weighted by Crippen LogP contribution is 2.27. The second kappa shape index (κ2) is 8.32. The molecule has 1 aliphatic rings. The Bertz CT molecular complexity index is 954. The monoisotopic (exact) mass is 463 g/mol. The zero-order chi connectivity index (χ0) is 20.4. The summed E-state index contributed by atoms with van der Waals surface area (Å²) in [5.74, 6) is -0.619. The molecule has 8 heteroatoms. The molecule has 2 aromatic rings. The van der Waals surface area contributed by atoms with E-state index in [2.05, 4.69) is 26.6 Å². The molecule has 6 nitrogen and oxygen atoms in total. The van der Waals surface area contributed by atoms with Gasteiger partial charge in [0.15, 0.2) is 0 Å². The highest BCUT2D eigenvalue weighted by Gasteiger charge is 2.34. The van der Waals surface area contributed by atoms with Crippen LogP contribution in [0.2, 0.25) is 5.02 Å². The van der Waals surface area contributed by atoms with Crippen LogP contribution in [-0.4, -0.2) is 35.8 Å². The molecule has 1 heterocycles. The fraction of sp³-hybridized carbons (Fsp3) is 0.250. The predicted molar refractivity (Wildman–Crippen MR) is 112 cm³/mol. The van der Waals surface area contributed by atoms with Gasteiger partial charge in [0.25, 0.3) is 11.8 Å². The fourth-order valence-corrected chi connectivity index (χ4v) is 3.87. The maximum absolute atomic E-state index is 12.4. The molecule has 0 saturated heterocycles. The first-order valence-corrected chi connectivity index (χ1v) is 9.92. The number of benzene rings is 2. The van der Waals surface area contributed by atoms with Crippen LogP contribution in [0.1, 0.15) is 38.3 Å². The van der Waals surface area contributed by atoms with Crippen molar-refractivity contribution in [1.82, 2.24) is 10.2 Å². The van der Waals surface area contributed by atoms with Crippen LogP contribution in [-0.2, 0) is 0 Å². The predicted octanol–water partition coefficient (Wildman–Crippen LogP) is 4.53. The molecule has 28 heavy (non-hydrogen) atoms. The summed E-state index contributed by atoms with van der Waals surface area (Å²) in [6.07, 6.45) is 0.445. The van der Waals surface area contributed by atoms with Crippen LogP contribution >= 0.6 is 27.5 Å². The molecule has 3 rings (SSSR count). The molecule has 2 N–H and O–H groups in total. The van der Waals surface area contributed by atoms with E-state index in [9.17, 15) is 14.4 Å². The molecule has 1 aliphatic heterocycles. The molecular formula is C20H19BrClN3O3. The van der Waals surface area contributed by atoms with E-state index in [1.807, 2.05) is 19.9 Å². The summed E-state index contributed by atoms with van der Waals surface area (Å²) >= 11 is 9.49. The Morgan fingerprint density at radius 3 is 2.54 bits per heavy atom. The molecule has 0 fully saturated rings. The van der Waals surface area contributed by atoms with Gasteiger partial charge in [0.05, 0.1) is 21.8 Å². The average Bonchev–Trinajstić information content (AvgIpc) is 2.85. The highest BCUT2D eigenvalue weighted by atomic mass is 79.9. The minimum atomic E-state index is -0.389. The summed E-state index contributed by atoms with van der Waals surface area (Å²) in [5, 5.41) is 5.93. The molecule has 4 amide bonds. The van der Waals surface area contributed by atoms with Crippen molar-refractivity contribution in [3.8, 4) is 0 Å². The van der Waals surface area contributed by atoms with Crippen LogP contribution in [0.15, 0.2) is 34.8 Å². The van der Waals surface area contributed by atoms with Gasteiger partial charge in [-0.15, -0.1) is 0 Å². The van der Waals surface area contributed by atoms with E-state index >= 15 is 0 Å². The minimum absolute atomic E-state index is 0.231. The molecule has 0 radical (unpaired) electrons.